The number of sulfonamides is 1. The molecule has 0 saturated heterocycles. The number of aliphatic carboxylic acids is 1. The number of rotatable bonds is 6. The van der Waals surface area contributed by atoms with Gasteiger partial charge in [0.2, 0.25) is 10.0 Å². The number of aryl methyl sites for hydroxylation is 2. The summed E-state index contributed by atoms with van der Waals surface area (Å²) in [5.41, 5.74) is 0.159. The summed E-state index contributed by atoms with van der Waals surface area (Å²) in [6, 6.07) is 1.01. The van der Waals surface area contributed by atoms with Gasteiger partial charge in [0, 0.05) is 12.1 Å². The van der Waals surface area contributed by atoms with Crippen molar-refractivity contribution in [3.8, 4) is 0 Å². The standard InChI is InChI=1S/C13H18N2O6S/c1-7(2)11(13(16)17)14-22(20,21)12-8(3)5-10(15(18)19)6-9(12)4/h5-7,11,14H,1-4H3,(H,16,17)/t11-/m0/s1. The molecule has 122 valence electrons. The highest BCUT2D eigenvalue weighted by molar-refractivity contribution is 7.89. The highest BCUT2D eigenvalue weighted by Crippen LogP contribution is 2.26. The Balaban J connectivity index is 3.35. The van der Waals surface area contributed by atoms with Gasteiger partial charge in [-0.25, -0.2) is 8.42 Å². The first-order valence-corrected chi connectivity index (χ1v) is 7.96. The first-order chi connectivity index (χ1) is 9.97. The summed E-state index contributed by atoms with van der Waals surface area (Å²) in [5.74, 6) is -1.73. The minimum atomic E-state index is -4.11. The Morgan fingerprint density at radius 2 is 1.73 bits per heavy atom. The highest BCUT2D eigenvalue weighted by atomic mass is 32.2. The molecule has 8 nitrogen and oxygen atoms in total. The Morgan fingerprint density at radius 1 is 1.27 bits per heavy atom. The van der Waals surface area contributed by atoms with Crippen LogP contribution in [0, 0.1) is 29.9 Å². The Bertz CT molecular complexity index is 688. The van der Waals surface area contributed by atoms with Gasteiger partial charge in [0.1, 0.15) is 6.04 Å². The highest BCUT2D eigenvalue weighted by Gasteiger charge is 2.30. The molecule has 0 aromatic heterocycles. The molecule has 0 saturated carbocycles. The first kappa shape index (κ1) is 18.1. The van der Waals surface area contributed by atoms with E-state index >= 15 is 0 Å². The van der Waals surface area contributed by atoms with Gasteiger partial charge in [-0.1, -0.05) is 13.8 Å². The van der Waals surface area contributed by atoms with Crippen LogP contribution in [-0.4, -0.2) is 30.5 Å². The van der Waals surface area contributed by atoms with Crippen LogP contribution in [0.1, 0.15) is 25.0 Å². The van der Waals surface area contributed by atoms with E-state index in [0.717, 1.165) is 12.1 Å². The van der Waals surface area contributed by atoms with Crippen LogP contribution in [0.2, 0.25) is 0 Å². The molecule has 1 rings (SSSR count). The predicted molar refractivity (Wildman–Crippen MR) is 79.2 cm³/mol. The number of carboxylic acid groups (broad SMARTS) is 1. The lowest BCUT2D eigenvalue weighted by Gasteiger charge is -2.19. The van der Waals surface area contributed by atoms with Crippen molar-refractivity contribution >= 4 is 21.7 Å². The van der Waals surface area contributed by atoms with Crippen molar-refractivity contribution in [2.45, 2.75) is 38.6 Å². The monoisotopic (exact) mass is 330 g/mol. The number of non-ortho nitro benzene ring substituents is 1. The minimum absolute atomic E-state index is 0.134. The van der Waals surface area contributed by atoms with Gasteiger partial charge >= 0.3 is 5.97 Å². The van der Waals surface area contributed by atoms with Gasteiger partial charge in [0.15, 0.2) is 0 Å². The molecule has 0 aliphatic rings. The number of nitro benzene ring substituents is 1. The molecule has 0 aliphatic heterocycles. The molecule has 0 unspecified atom stereocenters. The Kier molecular flexibility index (Phi) is 5.26. The molecule has 1 aromatic rings. The molecule has 9 heteroatoms. The number of hydrogen-bond acceptors (Lipinski definition) is 5. The maximum absolute atomic E-state index is 12.4. The molecule has 2 N–H and O–H groups in total. The third-order valence-electron chi connectivity index (χ3n) is 3.14. The summed E-state index contributed by atoms with van der Waals surface area (Å²) in [7, 11) is -4.11. The third-order valence-corrected chi connectivity index (χ3v) is 4.89. The van der Waals surface area contributed by atoms with Gasteiger partial charge in [-0.2, -0.15) is 4.72 Å². The van der Waals surface area contributed by atoms with E-state index in [0.29, 0.717) is 0 Å². The van der Waals surface area contributed by atoms with E-state index in [9.17, 15) is 23.3 Å². The van der Waals surface area contributed by atoms with Gasteiger partial charge in [0.25, 0.3) is 5.69 Å². The van der Waals surface area contributed by atoms with Gasteiger partial charge in [0.05, 0.1) is 9.82 Å². The number of nitro groups is 1. The molecule has 1 aromatic carbocycles. The van der Waals surface area contributed by atoms with Gasteiger partial charge in [-0.15, -0.1) is 0 Å². The van der Waals surface area contributed by atoms with E-state index < -0.39 is 32.9 Å². The predicted octanol–water partition coefficient (Wildman–Crippen LogP) is 1.60. The van der Waals surface area contributed by atoms with Crippen LogP contribution >= 0.6 is 0 Å². The first-order valence-electron chi connectivity index (χ1n) is 6.48. The second-order valence-electron chi connectivity index (χ2n) is 5.35. The Labute approximate surface area is 128 Å². The maximum Gasteiger partial charge on any atom is 0.322 e. The number of nitrogens with one attached hydrogen (secondary N) is 1. The number of carboxylic acids is 1. The van der Waals surface area contributed by atoms with E-state index in [-0.39, 0.29) is 21.7 Å². The molecule has 0 fully saturated rings. The number of hydrogen-bond donors (Lipinski definition) is 2. The van der Waals surface area contributed by atoms with Crippen molar-refractivity contribution < 1.29 is 23.2 Å². The minimum Gasteiger partial charge on any atom is -0.480 e. The van der Waals surface area contributed by atoms with Crippen LogP contribution in [0.25, 0.3) is 0 Å². The van der Waals surface area contributed by atoms with E-state index in [1.165, 1.54) is 13.8 Å². The zero-order chi connectivity index (χ0) is 17.2. The molecular weight excluding hydrogens is 312 g/mol. The molecule has 0 heterocycles. The van der Waals surface area contributed by atoms with Crippen LogP contribution < -0.4 is 4.72 Å². The lowest BCUT2D eigenvalue weighted by atomic mass is 10.1. The van der Waals surface area contributed by atoms with Crippen molar-refractivity contribution in [1.82, 2.24) is 4.72 Å². The third kappa shape index (κ3) is 3.80. The van der Waals surface area contributed by atoms with Crippen molar-refractivity contribution in [2.24, 2.45) is 5.92 Å². The summed E-state index contributed by atoms with van der Waals surface area (Å²) in [6.45, 7) is 6.02. The van der Waals surface area contributed by atoms with Crippen LogP contribution in [-0.2, 0) is 14.8 Å². The molecule has 1 atom stereocenters. The second-order valence-corrected chi connectivity index (χ2v) is 7.00. The zero-order valence-corrected chi connectivity index (χ0v) is 13.5. The molecule has 0 spiro atoms. The number of nitrogens with zero attached hydrogens (tertiary/aromatic N) is 1. The lowest BCUT2D eigenvalue weighted by molar-refractivity contribution is -0.385. The lowest BCUT2D eigenvalue weighted by Crippen LogP contribution is -2.44. The molecule has 0 aliphatic carbocycles. The number of benzene rings is 1. The smallest absolute Gasteiger partial charge is 0.322 e. The Morgan fingerprint density at radius 3 is 2.05 bits per heavy atom. The molecular formula is C13H18N2O6S. The normalized spacial score (nSPS) is 13.1. The molecule has 0 bridgehead atoms. The topological polar surface area (TPSA) is 127 Å². The van der Waals surface area contributed by atoms with Crippen LogP contribution in [0.3, 0.4) is 0 Å². The van der Waals surface area contributed by atoms with E-state index in [4.69, 9.17) is 5.11 Å². The van der Waals surface area contributed by atoms with E-state index in [1.807, 2.05) is 0 Å². The van der Waals surface area contributed by atoms with Gasteiger partial charge in [-0.05, 0) is 30.9 Å². The molecule has 0 amide bonds. The summed E-state index contributed by atoms with van der Waals surface area (Å²) >= 11 is 0. The fourth-order valence-corrected chi connectivity index (χ4v) is 3.95. The average molecular weight is 330 g/mol. The maximum atomic E-state index is 12.4. The van der Waals surface area contributed by atoms with Crippen molar-refractivity contribution in [2.75, 3.05) is 0 Å². The van der Waals surface area contributed by atoms with Crippen LogP contribution in [0.5, 0.6) is 0 Å². The van der Waals surface area contributed by atoms with E-state index in [1.54, 1.807) is 13.8 Å². The van der Waals surface area contributed by atoms with Gasteiger partial charge < -0.3 is 5.11 Å². The van der Waals surface area contributed by atoms with Crippen molar-refractivity contribution in [3.63, 3.8) is 0 Å². The second kappa shape index (κ2) is 6.41. The molecule has 22 heavy (non-hydrogen) atoms. The largest absolute Gasteiger partial charge is 0.480 e. The summed E-state index contributed by atoms with van der Waals surface area (Å²) in [5, 5.41) is 19.9. The fourth-order valence-electron chi connectivity index (χ4n) is 2.15. The van der Waals surface area contributed by atoms with Crippen LogP contribution in [0.4, 0.5) is 5.69 Å². The Hall–Kier alpha value is -2.00. The van der Waals surface area contributed by atoms with E-state index in [2.05, 4.69) is 4.72 Å². The van der Waals surface area contributed by atoms with Crippen molar-refractivity contribution in [3.05, 3.63) is 33.4 Å². The van der Waals surface area contributed by atoms with Crippen LogP contribution in [0.15, 0.2) is 17.0 Å². The summed E-state index contributed by atoms with van der Waals surface area (Å²) < 4.78 is 27.0. The zero-order valence-electron chi connectivity index (χ0n) is 12.7. The fraction of sp³-hybridized carbons (Fsp3) is 0.462. The van der Waals surface area contributed by atoms with Crippen molar-refractivity contribution in [1.29, 1.82) is 0 Å². The average Bonchev–Trinajstić information content (AvgIpc) is 2.33. The summed E-state index contributed by atoms with van der Waals surface area (Å²) in [6.07, 6.45) is 0. The molecule has 0 radical (unpaired) electrons. The quantitative estimate of drug-likeness (QED) is 0.602. The van der Waals surface area contributed by atoms with Gasteiger partial charge in [-0.3, -0.25) is 14.9 Å². The summed E-state index contributed by atoms with van der Waals surface area (Å²) in [4.78, 5) is 21.2. The number of carbonyl (C=O) groups is 1. The SMILES string of the molecule is Cc1cc([N+](=O)[O-])cc(C)c1S(=O)(=O)N[C@H](C(=O)O)C(C)C.